The highest BCUT2D eigenvalue weighted by molar-refractivity contribution is 7.78. The van der Waals surface area contributed by atoms with Gasteiger partial charge in [0, 0.05) is 12.2 Å². The molecule has 206 valence electrons. The first-order valence-corrected chi connectivity index (χ1v) is 13.9. The van der Waals surface area contributed by atoms with E-state index in [0.29, 0.717) is 30.1 Å². The Labute approximate surface area is 238 Å². The molecule has 0 spiro atoms. The maximum atomic E-state index is 13.8. The lowest BCUT2D eigenvalue weighted by Crippen LogP contribution is -2.55. The second kappa shape index (κ2) is 14.7. The molecule has 3 aromatic carbocycles. The summed E-state index contributed by atoms with van der Waals surface area (Å²) in [6, 6.07) is 24.8. The predicted octanol–water partition coefficient (Wildman–Crippen LogP) is 7.12. The minimum absolute atomic E-state index is 0.222. The van der Waals surface area contributed by atoms with Gasteiger partial charge in [-0.2, -0.15) is 0 Å². The molecule has 0 radical (unpaired) electrons. The highest BCUT2D eigenvalue weighted by Gasteiger charge is 2.49. The first-order valence-electron chi connectivity index (χ1n) is 13.4. The number of ether oxygens (including phenoxy) is 2. The molecule has 3 atom stereocenters. The third kappa shape index (κ3) is 7.41. The van der Waals surface area contributed by atoms with Crippen molar-refractivity contribution in [2.75, 3.05) is 13.2 Å². The largest absolute Gasteiger partial charge is 0.494 e. The maximum Gasteiger partial charge on any atom is 0.259 e. The number of carbonyl (C=O) groups excluding carboxylic acids is 1. The van der Waals surface area contributed by atoms with E-state index >= 15 is 0 Å². The SMILES string of the molecule is C=C[C@H](N(C=S)C(=O)c1ccc(OCCCC)cc1)C(O)(c1ccccc1)C(OCC(C)C)c1ccccc1. The number of rotatable bonds is 15. The maximum absolute atomic E-state index is 13.8. The Bertz CT molecular complexity index is 1180. The monoisotopic (exact) mass is 545 g/mol. The number of hydrogen-bond acceptors (Lipinski definition) is 5. The molecule has 0 aromatic heterocycles. The number of unbranched alkanes of at least 4 members (excludes halogenated alkanes) is 1. The molecule has 0 aliphatic rings. The number of hydrogen-bond donors (Lipinski definition) is 1. The van der Waals surface area contributed by atoms with Crippen LogP contribution in [0.25, 0.3) is 0 Å². The van der Waals surface area contributed by atoms with Gasteiger partial charge in [-0.05, 0) is 47.7 Å². The Kier molecular flexibility index (Phi) is 11.4. The second-order valence-electron chi connectivity index (χ2n) is 9.93. The van der Waals surface area contributed by atoms with Gasteiger partial charge in [-0.25, -0.2) is 0 Å². The molecular formula is C33H39NO4S. The molecule has 2 unspecified atom stereocenters. The molecule has 3 aromatic rings. The van der Waals surface area contributed by atoms with Crippen molar-refractivity contribution in [2.24, 2.45) is 5.92 Å². The van der Waals surface area contributed by atoms with Crippen LogP contribution in [0.15, 0.2) is 97.6 Å². The molecule has 0 aliphatic heterocycles. The summed E-state index contributed by atoms with van der Waals surface area (Å²) in [6.45, 7) is 11.3. The summed E-state index contributed by atoms with van der Waals surface area (Å²) in [6.07, 6.45) is 2.74. The van der Waals surface area contributed by atoms with E-state index in [2.05, 4.69) is 27.4 Å². The van der Waals surface area contributed by atoms with Crippen molar-refractivity contribution in [3.63, 3.8) is 0 Å². The van der Waals surface area contributed by atoms with E-state index in [0.717, 1.165) is 18.4 Å². The van der Waals surface area contributed by atoms with Crippen LogP contribution in [-0.2, 0) is 10.3 Å². The van der Waals surface area contributed by atoms with Crippen molar-refractivity contribution in [2.45, 2.75) is 51.4 Å². The predicted molar refractivity (Wildman–Crippen MR) is 161 cm³/mol. The standard InChI is InChI=1S/C33H39NO4S/c1-5-7-22-37-29-20-18-27(19-21-29)32(35)34(24-39)30(6-2)33(36,28-16-12-9-13-17-28)31(38-23-25(3)4)26-14-10-8-11-15-26/h6,8-21,24-25,30-31,36H,2,5,7,22-23H2,1,3-4H3/t30-,31?,33?/m0/s1. The van der Waals surface area contributed by atoms with Gasteiger partial charge >= 0.3 is 0 Å². The Hall–Kier alpha value is -3.32. The lowest BCUT2D eigenvalue weighted by molar-refractivity contribution is -0.142. The molecule has 1 N–H and O–H groups in total. The summed E-state index contributed by atoms with van der Waals surface area (Å²) in [5.41, 5.74) is 1.34. The number of amides is 1. The molecule has 0 fully saturated rings. The van der Waals surface area contributed by atoms with E-state index in [1.165, 1.54) is 10.4 Å². The molecule has 39 heavy (non-hydrogen) atoms. The van der Waals surface area contributed by atoms with E-state index in [-0.39, 0.29) is 11.8 Å². The third-order valence-corrected chi connectivity index (χ3v) is 6.75. The topological polar surface area (TPSA) is 59.0 Å². The Balaban J connectivity index is 2.07. The summed E-state index contributed by atoms with van der Waals surface area (Å²) in [7, 11) is 0. The smallest absolute Gasteiger partial charge is 0.259 e. The first kappa shape index (κ1) is 30.2. The third-order valence-electron chi connectivity index (χ3n) is 6.52. The highest BCUT2D eigenvalue weighted by Crippen LogP contribution is 2.43. The minimum atomic E-state index is -1.71. The number of benzene rings is 3. The van der Waals surface area contributed by atoms with Crippen LogP contribution in [0, 0.1) is 5.92 Å². The summed E-state index contributed by atoms with van der Waals surface area (Å²) < 4.78 is 12.2. The molecule has 0 aliphatic carbocycles. The lowest BCUT2D eigenvalue weighted by Gasteiger charge is -2.45. The van der Waals surface area contributed by atoms with Crippen molar-refractivity contribution >= 4 is 23.6 Å². The van der Waals surface area contributed by atoms with E-state index in [1.807, 2.05) is 60.7 Å². The molecule has 1 amide bonds. The molecular weight excluding hydrogens is 506 g/mol. The Morgan fingerprint density at radius 3 is 2.18 bits per heavy atom. The van der Waals surface area contributed by atoms with Crippen LogP contribution < -0.4 is 4.74 Å². The average Bonchev–Trinajstić information content (AvgIpc) is 2.96. The lowest BCUT2D eigenvalue weighted by atomic mass is 9.77. The van der Waals surface area contributed by atoms with E-state index in [9.17, 15) is 9.90 Å². The summed E-state index contributed by atoms with van der Waals surface area (Å²) in [4.78, 5) is 15.2. The number of thiocarbonyl (C=S) groups is 1. The molecule has 0 saturated heterocycles. The summed E-state index contributed by atoms with van der Waals surface area (Å²) in [5.74, 6) is 0.556. The molecule has 6 heteroatoms. The quantitative estimate of drug-likeness (QED) is 0.125. The van der Waals surface area contributed by atoms with Gasteiger partial charge in [-0.1, -0.05) is 106 Å². The fraction of sp³-hybridized carbons (Fsp3) is 0.333. The van der Waals surface area contributed by atoms with Crippen molar-refractivity contribution in [1.29, 1.82) is 0 Å². The number of aliphatic hydroxyl groups is 1. The fourth-order valence-electron chi connectivity index (χ4n) is 4.50. The van der Waals surface area contributed by atoms with Gasteiger partial charge in [-0.15, -0.1) is 6.58 Å². The van der Waals surface area contributed by atoms with Crippen LogP contribution in [0.4, 0.5) is 0 Å². The molecule has 0 heterocycles. The van der Waals surface area contributed by atoms with Crippen LogP contribution in [0.5, 0.6) is 5.75 Å². The van der Waals surface area contributed by atoms with Crippen LogP contribution in [0.3, 0.4) is 0 Å². The average molecular weight is 546 g/mol. The normalized spacial score (nSPS) is 14.2. The van der Waals surface area contributed by atoms with Crippen molar-refractivity contribution in [3.05, 3.63) is 114 Å². The highest BCUT2D eigenvalue weighted by atomic mass is 32.1. The van der Waals surface area contributed by atoms with Crippen LogP contribution in [0.1, 0.15) is 61.2 Å². The van der Waals surface area contributed by atoms with Gasteiger partial charge < -0.3 is 14.6 Å². The minimum Gasteiger partial charge on any atom is -0.494 e. The van der Waals surface area contributed by atoms with Gasteiger partial charge in [0.2, 0.25) is 0 Å². The Morgan fingerprint density at radius 1 is 1.03 bits per heavy atom. The molecule has 3 rings (SSSR count). The molecule has 5 nitrogen and oxygen atoms in total. The van der Waals surface area contributed by atoms with Crippen molar-refractivity contribution < 1.29 is 19.4 Å². The van der Waals surface area contributed by atoms with Crippen LogP contribution in [0.2, 0.25) is 0 Å². The summed E-state index contributed by atoms with van der Waals surface area (Å²) >= 11 is 5.37. The van der Waals surface area contributed by atoms with E-state index in [1.54, 1.807) is 30.3 Å². The molecule has 0 bridgehead atoms. The first-order chi connectivity index (χ1) is 18.9. The van der Waals surface area contributed by atoms with Gasteiger partial charge in [0.1, 0.15) is 17.5 Å². The van der Waals surface area contributed by atoms with Gasteiger partial charge in [0.15, 0.2) is 0 Å². The number of carbonyl (C=O) groups is 1. The van der Waals surface area contributed by atoms with Crippen LogP contribution in [-0.4, -0.2) is 40.7 Å². The van der Waals surface area contributed by atoms with Crippen molar-refractivity contribution in [1.82, 2.24) is 4.90 Å². The van der Waals surface area contributed by atoms with Gasteiger partial charge in [0.05, 0.1) is 18.1 Å². The van der Waals surface area contributed by atoms with Crippen LogP contribution >= 0.6 is 12.2 Å². The van der Waals surface area contributed by atoms with Gasteiger partial charge in [-0.3, -0.25) is 9.69 Å². The van der Waals surface area contributed by atoms with Crippen molar-refractivity contribution in [3.8, 4) is 5.75 Å². The summed E-state index contributed by atoms with van der Waals surface area (Å²) in [5, 5.41) is 12.8. The zero-order valence-corrected chi connectivity index (χ0v) is 23.8. The van der Waals surface area contributed by atoms with Gasteiger partial charge in [0.25, 0.3) is 5.91 Å². The van der Waals surface area contributed by atoms with E-state index < -0.39 is 17.7 Å². The zero-order valence-electron chi connectivity index (χ0n) is 23.0. The fourth-order valence-corrected chi connectivity index (χ4v) is 4.73. The molecule has 0 saturated carbocycles. The zero-order chi connectivity index (χ0) is 28.3. The van der Waals surface area contributed by atoms with E-state index in [4.69, 9.17) is 21.7 Å². The number of nitrogens with zero attached hydrogens (tertiary/aromatic N) is 1. The second-order valence-corrected chi connectivity index (χ2v) is 10.1. The Morgan fingerprint density at radius 2 is 1.64 bits per heavy atom.